The van der Waals surface area contributed by atoms with Crippen molar-refractivity contribution >= 4 is 26.8 Å². The fourth-order valence-electron chi connectivity index (χ4n) is 1.54. The predicted octanol–water partition coefficient (Wildman–Crippen LogP) is 1.45. The normalized spacial score (nSPS) is 10.9. The summed E-state index contributed by atoms with van der Waals surface area (Å²) < 4.78 is 0.849. The average Bonchev–Trinajstić information content (AvgIpc) is 2.28. The lowest BCUT2D eigenvalue weighted by Gasteiger charge is -2.03. The third-order valence-electron chi connectivity index (χ3n) is 2.35. The van der Waals surface area contributed by atoms with Gasteiger partial charge in [-0.1, -0.05) is 6.07 Å². The van der Waals surface area contributed by atoms with Gasteiger partial charge in [-0.2, -0.15) is 0 Å². The number of benzene rings is 1. The smallest absolute Gasteiger partial charge is 0.258 e. The molecule has 16 heavy (non-hydrogen) atoms. The van der Waals surface area contributed by atoms with Crippen molar-refractivity contribution in [1.82, 2.24) is 15.3 Å². The summed E-state index contributed by atoms with van der Waals surface area (Å²) in [4.78, 5) is 19.0. The summed E-state index contributed by atoms with van der Waals surface area (Å²) in [6.07, 6.45) is 0.711. The van der Waals surface area contributed by atoms with E-state index in [4.69, 9.17) is 0 Å². The van der Waals surface area contributed by atoms with Crippen LogP contribution in [0.25, 0.3) is 10.9 Å². The molecule has 0 radical (unpaired) electrons. The third kappa shape index (κ3) is 2.15. The van der Waals surface area contributed by atoms with Gasteiger partial charge in [-0.05, 0) is 35.1 Å². The van der Waals surface area contributed by atoms with E-state index in [1.54, 1.807) is 6.07 Å². The van der Waals surface area contributed by atoms with Gasteiger partial charge < -0.3 is 10.3 Å². The summed E-state index contributed by atoms with van der Waals surface area (Å²) >= 11 is 3.40. The van der Waals surface area contributed by atoms with E-state index in [2.05, 4.69) is 31.2 Å². The van der Waals surface area contributed by atoms with E-state index in [0.717, 1.165) is 16.5 Å². The molecule has 1 heterocycles. The molecule has 84 valence electrons. The quantitative estimate of drug-likeness (QED) is 0.895. The van der Waals surface area contributed by atoms with Crippen LogP contribution in [-0.4, -0.2) is 23.6 Å². The van der Waals surface area contributed by atoms with E-state index >= 15 is 0 Å². The summed E-state index contributed by atoms with van der Waals surface area (Å²) in [7, 11) is 1.87. The molecule has 0 aliphatic rings. The van der Waals surface area contributed by atoms with Crippen LogP contribution >= 0.6 is 15.9 Å². The number of nitrogens with zero attached hydrogens (tertiary/aromatic N) is 1. The number of halogens is 1. The number of fused-ring (bicyclic) bond motifs is 1. The van der Waals surface area contributed by atoms with E-state index in [0.29, 0.717) is 17.6 Å². The molecular weight excluding hydrogens is 270 g/mol. The van der Waals surface area contributed by atoms with Crippen LogP contribution in [0.4, 0.5) is 0 Å². The predicted molar refractivity (Wildman–Crippen MR) is 67.7 cm³/mol. The number of aromatic nitrogens is 2. The van der Waals surface area contributed by atoms with Crippen LogP contribution in [0.15, 0.2) is 27.5 Å². The summed E-state index contributed by atoms with van der Waals surface area (Å²) in [5.74, 6) is 0.707. The highest BCUT2D eigenvalue weighted by Crippen LogP contribution is 2.18. The fraction of sp³-hybridized carbons (Fsp3) is 0.273. The Labute approximate surface area is 101 Å². The molecule has 4 nitrogen and oxygen atoms in total. The molecule has 0 unspecified atom stereocenters. The zero-order valence-electron chi connectivity index (χ0n) is 8.88. The first-order chi connectivity index (χ1) is 7.72. The number of likely N-dealkylation sites (N-methyl/N-ethyl adjacent to an activating group) is 1. The molecule has 0 atom stereocenters. The number of hydrogen-bond donors (Lipinski definition) is 2. The van der Waals surface area contributed by atoms with Crippen molar-refractivity contribution in [2.24, 2.45) is 0 Å². The molecule has 5 heteroatoms. The molecule has 0 aliphatic heterocycles. The highest BCUT2D eigenvalue weighted by atomic mass is 79.9. The Hall–Kier alpha value is -1.20. The molecule has 0 saturated carbocycles. The number of nitrogens with one attached hydrogen (secondary N) is 2. The van der Waals surface area contributed by atoms with E-state index in [9.17, 15) is 4.79 Å². The molecule has 0 bridgehead atoms. The Bertz CT molecular complexity index is 565. The first-order valence-electron chi connectivity index (χ1n) is 5.04. The van der Waals surface area contributed by atoms with Gasteiger partial charge in [0.1, 0.15) is 5.82 Å². The van der Waals surface area contributed by atoms with Crippen molar-refractivity contribution < 1.29 is 0 Å². The number of rotatable bonds is 3. The van der Waals surface area contributed by atoms with Crippen molar-refractivity contribution in [1.29, 1.82) is 0 Å². The van der Waals surface area contributed by atoms with Crippen molar-refractivity contribution in [2.75, 3.05) is 13.6 Å². The molecule has 0 saturated heterocycles. The van der Waals surface area contributed by atoms with Gasteiger partial charge >= 0.3 is 0 Å². The van der Waals surface area contributed by atoms with E-state index in [1.807, 2.05) is 19.2 Å². The topological polar surface area (TPSA) is 57.8 Å². The van der Waals surface area contributed by atoms with Crippen LogP contribution < -0.4 is 10.9 Å². The zero-order valence-corrected chi connectivity index (χ0v) is 10.5. The Balaban J connectivity index is 2.57. The Morgan fingerprint density at radius 3 is 3.06 bits per heavy atom. The Morgan fingerprint density at radius 2 is 2.31 bits per heavy atom. The highest BCUT2D eigenvalue weighted by molar-refractivity contribution is 9.10. The Morgan fingerprint density at radius 1 is 1.50 bits per heavy atom. The monoisotopic (exact) mass is 281 g/mol. The van der Waals surface area contributed by atoms with Crippen LogP contribution in [0, 0.1) is 0 Å². The van der Waals surface area contributed by atoms with Crippen molar-refractivity contribution in [3.05, 3.63) is 38.9 Å². The van der Waals surface area contributed by atoms with Crippen LogP contribution in [0.5, 0.6) is 0 Å². The van der Waals surface area contributed by atoms with E-state index < -0.39 is 0 Å². The molecule has 0 aliphatic carbocycles. The maximum absolute atomic E-state index is 11.8. The lowest BCUT2D eigenvalue weighted by Crippen LogP contribution is -2.17. The molecular formula is C11H12BrN3O. The summed E-state index contributed by atoms with van der Waals surface area (Å²) in [6.45, 7) is 0.791. The average molecular weight is 282 g/mol. The number of aromatic amines is 1. The van der Waals surface area contributed by atoms with Gasteiger partial charge in [0.05, 0.1) is 10.9 Å². The molecule has 2 rings (SSSR count). The highest BCUT2D eigenvalue weighted by Gasteiger charge is 2.05. The number of H-pyrrole nitrogens is 1. The molecule has 2 aromatic rings. The second-order valence-electron chi connectivity index (χ2n) is 3.50. The summed E-state index contributed by atoms with van der Waals surface area (Å²) in [5.41, 5.74) is 0.634. The lowest BCUT2D eigenvalue weighted by molar-refractivity contribution is 0.756. The molecule has 1 aromatic heterocycles. The minimum absolute atomic E-state index is 0.0857. The van der Waals surface area contributed by atoms with Crippen LogP contribution in [0.3, 0.4) is 0 Å². The zero-order chi connectivity index (χ0) is 11.5. The second kappa shape index (κ2) is 4.76. The second-order valence-corrected chi connectivity index (χ2v) is 4.36. The van der Waals surface area contributed by atoms with Gasteiger partial charge in [0.15, 0.2) is 0 Å². The molecule has 0 fully saturated rings. The molecule has 1 aromatic carbocycles. The van der Waals surface area contributed by atoms with Gasteiger partial charge in [0.25, 0.3) is 5.56 Å². The third-order valence-corrected chi connectivity index (χ3v) is 2.99. The van der Waals surface area contributed by atoms with Crippen LogP contribution in [-0.2, 0) is 6.42 Å². The van der Waals surface area contributed by atoms with Gasteiger partial charge in [-0.3, -0.25) is 4.79 Å². The summed E-state index contributed by atoms with van der Waals surface area (Å²) in [6, 6.07) is 5.49. The van der Waals surface area contributed by atoms with Gasteiger partial charge in [-0.25, -0.2) is 4.98 Å². The van der Waals surface area contributed by atoms with E-state index in [1.165, 1.54) is 0 Å². The fourth-order valence-corrected chi connectivity index (χ4v) is 1.99. The number of hydrogen-bond acceptors (Lipinski definition) is 3. The largest absolute Gasteiger partial charge is 0.319 e. The van der Waals surface area contributed by atoms with E-state index in [-0.39, 0.29) is 5.56 Å². The maximum atomic E-state index is 11.8. The standard InChI is InChI=1S/C11H12BrN3O/c1-13-6-5-9-14-10-7(11(16)15-9)3-2-4-8(10)12/h2-4,13H,5-6H2,1H3,(H,14,15,16). The minimum atomic E-state index is -0.0857. The van der Waals surface area contributed by atoms with Crippen molar-refractivity contribution in [3.63, 3.8) is 0 Å². The number of para-hydroxylation sites is 1. The molecule has 0 amide bonds. The lowest BCUT2D eigenvalue weighted by atomic mass is 10.2. The minimum Gasteiger partial charge on any atom is -0.319 e. The molecule has 0 spiro atoms. The van der Waals surface area contributed by atoms with Gasteiger partial charge in [-0.15, -0.1) is 0 Å². The van der Waals surface area contributed by atoms with Gasteiger partial charge in [0.2, 0.25) is 0 Å². The SMILES string of the molecule is CNCCc1nc2c(Br)cccc2c(=O)[nH]1. The first-order valence-corrected chi connectivity index (χ1v) is 5.83. The first kappa shape index (κ1) is 11.3. The van der Waals surface area contributed by atoms with Crippen LogP contribution in [0.1, 0.15) is 5.82 Å². The van der Waals surface area contributed by atoms with Crippen LogP contribution in [0.2, 0.25) is 0 Å². The van der Waals surface area contributed by atoms with Gasteiger partial charge in [0, 0.05) is 17.4 Å². The summed E-state index contributed by atoms with van der Waals surface area (Å²) in [5, 5.41) is 3.64. The molecule has 2 N–H and O–H groups in total. The van der Waals surface area contributed by atoms with Crippen molar-refractivity contribution in [3.8, 4) is 0 Å². The Kier molecular flexibility index (Phi) is 3.36. The van der Waals surface area contributed by atoms with Crippen molar-refractivity contribution in [2.45, 2.75) is 6.42 Å². The maximum Gasteiger partial charge on any atom is 0.258 e.